The Kier molecular flexibility index (Phi) is 11.4. The molecule has 0 saturated carbocycles. The minimum atomic E-state index is -0.478. The Hall–Kier alpha value is -6.49. The van der Waals surface area contributed by atoms with Crippen LogP contribution in [0.3, 0.4) is 0 Å². The molecule has 0 amide bonds. The molecule has 0 radical (unpaired) electrons. The molecular formula is C43H41FN4O6. The Morgan fingerprint density at radius 1 is 0.722 bits per heavy atom. The number of aryl methyl sites for hydroxylation is 2. The van der Waals surface area contributed by atoms with E-state index in [-0.39, 0.29) is 24.9 Å². The Labute approximate surface area is 312 Å². The fourth-order valence-electron chi connectivity index (χ4n) is 6.54. The maximum absolute atomic E-state index is 14.5. The molecule has 10 nitrogen and oxygen atoms in total. The van der Waals surface area contributed by atoms with E-state index in [1.54, 1.807) is 64.7 Å². The van der Waals surface area contributed by atoms with Gasteiger partial charge in [0, 0.05) is 62.0 Å². The lowest BCUT2D eigenvalue weighted by Gasteiger charge is -2.13. The highest BCUT2D eigenvalue weighted by atomic mass is 19.1. The zero-order valence-corrected chi connectivity index (χ0v) is 31.0. The number of aromatic nitrogens is 4. The number of ether oxygens (including phenoxy) is 4. The molecule has 7 rings (SSSR count). The van der Waals surface area contributed by atoms with E-state index in [2.05, 4.69) is 15.0 Å². The van der Waals surface area contributed by atoms with Gasteiger partial charge in [-0.25, -0.2) is 23.9 Å². The van der Waals surface area contributed by atoms with Gasteiger partial charge in [0.15, 0.2) is 0 Å². The number of pyridine rings is 2. The monoisotopic (exact) mass is 728 g/mol. The first-order chi connectivity index (χ1) is 26.2. The van der Waals surface area contributed by atoms with Crippen LogP contribution in [0.1, 0.15) is 51.5 Å². The standard InChI is InChI=1S/C25H23FN2O3.C18H18N2O3/c1-4-31-25(29)23-22(18-9-7-13-27-24(18)30-3)19-14-16(2)11-12-21(19)28(23)15-17-8-5-6-10-20(17)26;1-4-23-18(21)16-15(12-6-5-9-19-17(12)22-3)13-10-11(2)7-8-14(13)20-16/h5-14H,4,15H2,1-3H3;5-10,20H,4H2,1-3H3. The third-order valence-electron chi connectivity index (χ3n) is 8.88. The van der Waals surface area contributed by atoms with Crippen molar-refractivity contribution in [2.45, 2.75) is 34.2 Å². The average Bonchev–Trinajstić information content (AvgIpc) is 3.71. The largest absolute Gasteiger partial charge is 0.481 e. The highest BCUT2D eigenvalue weighted by molar-refractivity contribution is 6.10. The SMILES string of the molecule is CCOC(=O)c1[nH]c2ccc(C)cc2c1-c1cccnc1OC.CCOC(=O)c1c(-c2cccnc2OC)c2cc(C)ccc2n1Cc1ccccc1F. The van der Waals surface area contributed by atoms with Crippen molar-refractivity contribution < 1.29 is 32.9 Å². The quantitative estimate of drug-likeness (QED) is 0.139. The molecule has 0 unspecified atom stereocenters. The fourth-order valence-corrected chi connectivity index (χ4v) is 6.54. The highest BCUT2D eigenvalue weighted by Crippen LogP contribution is 2.41. The first-order valence-electron chi connectivity index (χ1n) is 17.5. The van der Waals surface area contributed by atoms with E-state index in [4.69, 9.17) is 18.9 Å². The molecule has 54 heavy (non-hydrogen) atoms. The Morgan fingerprint density at radius 3 is 1.94 bits per heavy atom. The predicted molar refractivity (Wildman–Crippen MR) is 207 cm³/mol. The van der Waals surface area contributed by atoms with Gasteiger partial charge < -0.3 is 28.5 Å². The van der Waals surface area contributed by atoms with Gasteiger partial charge >= 0.3 is 11.9 Å². The number of esters is 2. The number of fused-ring (bicyclic) bond motifs is 2. The molecule has 0 aliphatic heterocycles. The molecule has 11 heteroatoms. The fraction of sp³-hybridized carbons (Fsp3) is 0.209. The molecule has 0 saturated heterocycles. The highest BCUT2D eigenvalue weighted by Gasteiger charge is 2.28. The van der Waals surface area contributed by atoms with Gasteiger partial charge in [0.05, 0.1) is 34.0 Å². The van der Waals surface area contributed by atoms with E-state index in [0.29, 0.717) is 46.4 Å². The summed E-state index contributed by atoms with van der Waals surface area (Å²) in [6.07, 6.45) is 3.29. The van der Waals surface area contributed by atoms with Crippen LogP contribution in [0.15, 0.2) is 97.3 Å². The van der Waals surface area contributed by atoms with Gasteiger partial charge in [0.1, 0.15) is 17.2 Å². The number of halogens is 1. The number of H-pyrrole nitrogens is 1. The Balaban J connectivity index is 0.000000193. The molecule has 0 aliphatic rings. The normalized spacial score (nSPS) is 10.9. The summed E-state index contributed by atoms with van der Waals surface area (Å²) in [7, 11) is 3.11. The lowest BCUT2D eigenvalue weighted by atomic mass is 10.0. The minimum absolute atomic E-state index is 0.183. The molecule has 4 heterocycles. The smallest absolute Gasteiger partial charge is 0.355 e. The molecule has 0 atom stereocenters. The van der Waals surface area contributed by atoms with Gasteiger partial charge in [0.25, 0.3) is 0 Å². The lowest BCUT2D eigenvalue weighted by molar-refractivity contribution is 0.0508. The summed E-state index contributed by atoms with van der Waals surface area (Å²) in [5.41, 5.74) is 7.92. The summed E-state index contributed by atoms with van der Waals surface area (Å²) >= 11 is 0. The molecular weight excluding hydrogens is 687 g/mol. The molecule has 0 aliphatic carbocycles. The summed E-state index contributed by atoms with van der Waals surface area (Å²) in [5.74, 6) is -0.317. The van der Waals surface area contributed by atoms with Crippen LogP contribution in [-0.4, -0.2) is 58.9 Å². The van der Waals surface area contributed by atoms with Crippen molar-refractivity contribution in [2.75, 3.05) is 27.4 Å². The van der Waals surface area contributed by atoms with Gasteiger partial charge in [-0.05, 0) is 82.3 Å². The van der Waals surface area contributed by atoms with Crippen LogP contribution in [0.2, 0.25) is 0 Å². The number of nitrogens with zero attached hydrogens (tertiary/aromatic N) is 3. The van der Waals surface area contributed by atoms with E-state index < -0.39 is 5.97 Å². The van der Waals surface area contributed by atoms with E-state index in [1.807, 2.05) is 73.0 Å². The van der Waals surface area contributed by atoms with E-state index in [0.717, 1.165) is 44.1 Å². The van der Waals surface area contributed by atoms with Crippen molar-refractivity contribution in [3.8, 4) is 34.0 Å². The molecule has 1 N–H and O–H groups in total. The zero-order valence-electron chi connectivity index (χ0n) is 31.0. The third kappa shape index (κ3) is 7.38. The molecule has 7 aromatic rings. The van der Waals surface area contributed by atoms with Gasteiger partial charge in [-0.15, -0.1) is 0 Å². The van der Waals surface area contributed by atoms with Crippen LogP contribution in [0.25, 0.3) is 44.1 Å². The number of rotatable bonds is 10. The molecule has 276 valence electrons. The summed E-state index contributed by atoms with van der Waals surface area (Å²) in [6.45, 7) is 8.27. The van der Waals surface area contributed by atoms with Crippen LogP contribution in [0, 0.1) is 19.7 Å². The molecule has 4 aromatic heterocycles. The van der Waals surface area contributed by atoms with E-state index in [1.165, 1.54) is 6.07 Å². The van der Waals surface area contributed by atoms with Crippen molar-refractivity contribution in [3.05, 3.63) is 131 Å². The first-order valence-corrected chi connectivity index (χ1v) is 17.5. The van der Waals surface area contributed by atoms with Crippen LogP contribution in [0.5, 0.6) is 11.8 Å². The maximum atomic E-state index is 14.5. The second-order valence-corrected chi connectivity index (χ2v) is 12.4. The molecule has 0 spiro atoms. The summed E-state index contributed by atoms with van der Waals surface area (Å²) in [6, 6.07) is 25.8. The second-order valence-electron chi connectivity index (χ2n) is 12.4. The number of aromatic amines is 1. The topological polar surface area (TPSA) is 118 Å². The van der Waals surface area contributed by atoms with Gasteiger partial charge in [0.2, 0.25) is 11.8 Å². The molecule has 0 bridgehead atoms. The van der Waals surface area contributed by atoms with Crippen molar-refractivity contribution >= 4 is 33.7 Å². The van der Waals surface area contributed by atoms with Crippen LogP contribution in [0.4, 0.5) is 4.39 Å². The number of carbonyl (C=O) groups excluding carboxylic acids is 2. The van der Waals surface area contributed by atoms with Crippen LogP contribution in [-0.2, 0) is 16.0 Å². The van der Waals surface area contributed by atoms with Gasteiger partial charge in [-0.2, -0.15) is 0 Å². The van der Waals surface area contributed by atoms with Crippen LogP contribution >= 0.6 is 0 Å². The second kappa shape index (κ2) is 16.5. The third-order valence-corrected chi connectivity index (χ3v) is 8.88. The number of hydrogen-bond acceptors (Lipinski definition) is 8. The first kappa shape index (κ1) is 37.3. The molecule has 3 aromatic carbocycles. The van der Waals surface area contributed by atoms with Crippen molar-refractivity contribution in [3.63, 3.8) is 0 Å². The summed E-state index contributed by atoms with van der Waals surface area (Å²) in [5, 5.41) is 1.80. The number of hydrogen-bond donors (Lipinski definition) is 1. The van der Waals surface area contributed by atoms with Crippen molar-refractivity contribution in [2.24, 2.45) is 0 Å². The Morgan fingerprint density at radius 2 is 1.31 bits per heavy atom. The van der Waals surface area contributed by atoms with E-state index in [9.17, 15) is 14.0 Å². The lowest BCUT2D eigenvalue weighted by Crippen LogP contribution is -2.14. The Bertz CT molecular complexity index is 2470. The number of carbonyl (C=O) groups is 2. The summed E-state index contributed by atoms with van der Waals surface area (Å²) in [4.78, 5) is 37.3. The van der Waals surface area contributed by atoms with Crippen molar-refractivity contribution in [1.29, 1.82) is 0 Å². The minimum Gasteiger partial charge on any atom is -0.481 e. The number of methoxy groups -OCH3 is 2. The predicted octanol–water partition coefficient (Wildman–Crippen LogP) is 9.11. The van der Waals surface area contributed by atoms with Crippen molar-refractivity contribution in [1.82, 2.24) is 19.5 Å². The van der Waals surface area contributed by atoms with Gasteiger partial charge in [-0.3, -0.25) is 0 Å². The number of nitrogens with one attached hydrogen (secondary N) is 1. The van der Waals surface area contributed by atoms with Crippen LogP contribution < -0.4 is 9.47 Å². The maximum Gasteiger partial charge on any atom is 0.355 e. The summed E-state index contributed by atoms with van der Waals surface area (Å²) < 4.78 is 37.8. The zero-order chi connectivity index (χ0) is 38.4. The molecule has 0 fully saturated rings. The number of benzene rings is 3. The van der Waals surface area contributed by atoms with E-state index >= 15 is 0 Å². The van der Waals surface area contributed by atoms with Gasteiger partial charge in [-0.1, -0.05) is 41.5 Å². The average molecular weight is 729 g/mol.